The summed E-state index contributed by atoms with van der Waals surface area (Å²) in [5.41, 5.74) is 0.968. The predicted octanol–water partition coefficient (Wildman–Crippen LogP) is 2.55. The van der Waals surface area contributed by atoms with Gasteiger partial charge in [-0.2, -0.15) is 0 Å². The SMILES string of the molecule is CC(C)OCCCNC(=O)C(Cc1ccccc1)NC(=O)c1ccco1. The van der Waals surface area contributed by atoms with Crippen LogP contribution in [0.1, 0.15) is 36.4 Å². The third kappa shape index (κ3) is 6.72. The van der Waals surface area contributed by atoms with E-state index in [1.54, 1.807) is 12.1 Å². The Morgan fingerprint density at radius 1 is 1.12 bits per heavy atom. The molecule has 2 amide bonds. The van der Waals surface area contributed by atoms with Gasteiger partial charge in [-0.05, 0) is 38.0 Å². The highest BCUT2D eigenvalue weighted by atomic mass is 16.5. The number of hydrogen-bond acceptors (Lipinski definition) is 4. The molecule has 1 atom stereocenters. The van der Waals surface area contributed by atoms with Gasteiger partial charge in [0.15, 0.2) is 5.76 Å². The van der Waals surface area contributed by atoms with Gasteiger partial charge < -0.3 is 19.8 Å². The van der Waals surface area contributed by atoms with Gasteiger partial charge in [-0.15, -0.1) is 0 Å². The number of hydrogen-bond donors (Lipinski definition) is 2. The van der Waals surface area contributed by atoms with Gasteiger partial charge in [-0.25, -0.2) is 0 Å². The van der Waals surface area contributed by atoms with Crippen LogP contribution in [-0.4, -0.2) is 37.1 Å². The lowest BCUT2D eigenvalue weighted by molar-refractivity contribution is -0.123. The summed E-state index contributed by atoms with van der Waals surface area (Å²) < 4.78 is 10.6. The van der Waals surface area contributed by atoms with E-state index in [0.717, 1.165) is 5.56 Å². The third-order valence-electron chi connectivity index (χ3n) is 3.72. The van der Waals surface area contributed by atoms with Crippen LogP contribution in [0.4, 0.5) is 0 Å². The largest absolute Gasteiger partial charge is 0.459 e. The highest BCUT2D eigenvalue weighted by Gasteiger charge is 2.22. The Bertz CT molecular complexity index is 668. The van der Waals surface area contributed by atoms with Crippen molar-refractivity contribution in [3.8, 4) is 0 Å². The van der Waals surface area contributed by atoms with Crippen molar-refractivity contribution in [1.29, 1.82) is 0 Å². The zero-order valence-corrected chi connectivity index (χ0v) is 15.2. The molecular formula is C20H26N2O4. The van der Waals surface area contributed by atoms with E-state index in [2.05, 4.69) is 10.6 Å². The number of carbonyl (C=O) groups excluding carboxylic acids is 2. The van der Waals surface area contributed by atoms with Crippen LogP contribution in [0.5, 0.6) is 0 Å². The Balaban J connectivity index is 1.93. The first-order valence-corrected chi connectivity index (χ1v) is 8.84. The zero-order chi connectivity index (χ0) is 18.8. The second-order valence-electron chi connectivity index (χ2n) is 6.26. The van der Waals surface area contributed by atoms with Gasteiger partial charge in [-0.3, -0.25) is 9.59 Å². The standard InChI is InChI=1S/C20H26N2O4/c1-15(2)25-13-7-11-21-19(23)17(14-16-8-4-3-5-9-16)22-20(24)18-10-6-12-26-18/h3-6,8-10,12,15,17H,7,11,13-14H2,1-2H3,(H,21,23)(H,22,24). The van der Waals surface area contributed by atoms with Crippen LogP contribution in [-0.2, 0) is 16.0 Å². The van der Waals surface area contributed by atoms with Gasteiger partial charge in [0.25, 0.3) is 5.91 Å². The summed E-state index contributed by atoms with van der Waals surface area (Å²) >= 11 is 0. The van der Waals surface area contributed by atoms with Crippen LogP contribution < -0.4 is 10.6 Å². The van der Waals surface area contributed by atoms with Crippen LogP contribution >= 0.6 is 0 Å². The number of rotatable bonds is 10. The molecule has 0 spiro atoms. The first kappa shape index (κ1) is 19.7. The molecule has 1 unspecified atom stereocenters. The second kappa shape index (κ2) is 10.4. The van der Waals surface area contributed by atoms with Gasteiger partial charge in [0.1, 0.15) is 6.04 Å². The van der Waals surface area contributed by atoms with Gasteiger partial charge in [-0.1, -0.05) is 30.3 Å². The minimum atomic E-state index is -0.680. The summed E-state index contributed by atoms with van der Waals surface area (Å²) in [4.78, 5) is 24.8. The number of amides is 2. The van der Waals surface area contributed by atoms with Crippen molar-refractivity contribution in [2.45, 2.75) is 38.8 Å². The smallest absolute Gasteiger partial charge is 0.287 e. The lowest BCUT2D eigenvalue weighted by Gasteiger charge is -2.18. The Kier molecular flexibility index (Phi) is 7.89. The molecule has 0 aliphatic heterocycles. The molecule has 0 fully saturated rings. The maximum absolute atomic E-state index is 12.6. The summed E-state index contributed by atoms with van der Waals surface area (Å²) in [6.45, 7) is 5.02. The topological polar surface area (TPSA) is 80.6 Å². The Labute approximate surface area is 153 Å². The fourth-order valence-electron chi connectivity index (χ4n) is 2.42. The van der Waals surface area contributed by atoms with Crippen molar-refractivity contribution in [2.24, 2.45) is 0 Å². The van der Waals surface area contributed by atoms with Crippen molar-refractivity contribution in [2.75, 3.05) is 13.2 Å². The Morgan fingerprint density at radius 2 is 1.88 bits per heavy atom. The maximum atomic E-state index is 12.6. The molecule has 2 aromatic rings. The molecule has 1 aromatic carbocycles. The lowest BCUT2D eigenvalue weighted by Crippen LogP contribution is -2.48. The molecule has 0 saturated heterocycles. The van der Waals surface area contributed by atoms with Crippen molar-refractivity contribution >= 4 is 11.8 Å². The average molecular weight is 358 g/mol. The Hall–Kier alpha value is -2.60. The van der Waals surface area contributed by atoms with E-state index < -0.39 is 11.9 Å². The molecule has 26 heavy (non-hydrogen) atoms. The molecule has 6 heteroatoms. The lowest BCUT2D eigenvalue weighted by atomic mass is 10.0. The van der Waals surface area contributed by atoms with E-state index in [-0.39, 0.29) is 17.8 Å². The van der Waals surface area contributed by atoms with Crippen LogP contribution in [0.15, 0.2) is 53.1 Å². The van der Waals surface area contributed by atoms with E-state index in [9.17, 15) is 9.59 Å². The fraction of sp³-hybridized carbons (Fsp3) is 0.400. The normalized spacial score (nSPS) is 12.0. The first-order valence-electron chi connectivity index (χ1n) is 8.84. The molecule has 6 nitrogen and oxygen atoms in total. The quantitative estimate of drug-likeness (QED) is 0.640. The van der Waals surface area contributed by atoms with E-state index >= 15 is 0 Å². The van der Waals surface area contributed by atoms with Crippen LogP contribution in [0.25, 0.3) is 0 Å². The summed E-state index contributed by atoms with van der Waals surface area (Å²) in [6.07, 6.45) is 2.72. The molecule has 0 aliphatic rings. The van der Waals surface area contributed by atoms with Crippen LogP contribution in [0, 0.1) is 0 Å². The molecule has 0 aliphatic carbocycles. The molecule has 0 radical (unpaired) electrons. The zero-order valence-electron chi connectivity index (χ0n) is 15.2. The number of carbonyl (C=O) groups is 2. The minimum absolute atomic E-state index is 0.170. The summed E-state index contributed by atoms with van der Waals surface area (Å²) in [7, 11) is 0. The number of furan rings is 1. The molecule has 0 saturated carbocycles. The number of ether oxygens (including phenoxy) is 1. The first-order chi connectivity index (χ1) is 12.6. The Morgan fingerprint density at radius 3 is 2.54 bits per heavy atom. The second-order valence-corrected chi connectivity index (χ2v) is 6.26. The van der Waals surface area contributed by atoms with Crippen LogP contribution in [0.3, 0.4) is 0 Å². The van der Waals surface area contributed by atoms with Gasteiger partial charge >= 0.3 is 0 Å². The monoisotopic (exact) mass is 358 g/mol. The molecule has 1 aromatic heterocycles. The molecular weight excluding hydrogens is 332 g/mol. The number of nitrogens with one attached hydrogen (secondary N) is 2. The van der Waals surface area contributed by atoms with Crippen molar-refractivity contribution < 1.29 is 18.7 Å². The molecule has 2 rings (SSSR count). The van der Waals surface area contributed by atoms with Crippen LogP contribution in [0.2, 0.25) is 0 Å². The van der Waals surface area contributed by atoms with Crippen molar-refractivity contribution in [3.63, 3.8) is 0 Å². The average Bonchev–Trinajstić information content (AvgIpc) is 3.16. The van der Waals surface area contributed by atoms with E-state index in [4.69, 9.17) is 9.15 Å². The molecule has 140 valence electrons. The molecule has 2 N–H and O–H groups in total. The fourth-order valence-corrected chi connectivity index (χ4v) is 2.42. The summed E-state index contributed by atoms with van der Waals surface area (Å²) in [6, 6.07) is 12.1. The summed E-state index contributed by atoms with van der Waals surface area (Å²) in [5.74, 6) is -0.450. The van der Waals surface area contributed by atoms with Gasteiger partial charge in [0, 0.05) is 19.6 Å². The van der Waals surface area contributed by atoms with Gasteiger partial charge in [0.05, 0.1) is 12.4 Å². The van der Waals surface area contributed by atoms with Crippen molar-refractivity contribution in [1.82, 2.24) is 10.6 Å². The number of benzene rings is 1. The molecule has 0 bridgehead atoms. The maximum Gasteiger partial charge on any atom is 0.287 e. The minimum Gasteiger partial charge on any atom is -0.459 e. The molecule has 1 heterocycles. The van der Waals surface area contributed by atoms with E-state index in [0.29, 0.717) is 26.0 Å². The van der Waals surface area contributed by atoms with E-state index in [1.165, 1.54) is 6.26 Å². The van der Waals surface area contributed by atoms with Gasteiger partial charge in [0.2, 0.25) is 5.91 Å². The predicted molar refractivity (Wildman–Crippen MR) is 98.8 cm³/mol. The van der Waals surface area contributed by atoms with Crippen molar-refractivity contribution in [3.05, 3.63) is 60.1 Å². The summed E-state index contributed by atoms with van der Waals surface area (Å²) in [5, 5.41) is 5.61. The highest BCUT2D eigenvalue weighted by molar-refractivity contribution is 5.95. The highest BCUT2D eigenvalue weighted by Crippen LogP contribution is 2.06. The van der Waals surface area contributed by atoms with E-state index in [1.807, 2.05) is 44.2 Å². The third-order valence-corrected chi connectivity index (χ3v) is 3.72.